The van der Waals surface area contributed by atoms with Crippen LogP contribution in [0.4, 0.5) is 0 Å². The number of halogens is 1. The Morgan fingerprint density at radius 3 is 2.79 bits per heavy atom. The lowest BCUT2D eigenvalue weighted by Gasteiger charge is -2.34. The fourth-order valence-corrected chi connectivity index (χ4v) is 3.48. The van der Waals surface area contributed by atoms with Crippen molar-refractivity contribution in [2.24, 2.45) is 10.7 Å². The summed E-state index contributed by atoms with van der Waals surface area (Å²) in [6.07, 6.45) is 3.03. The van der Waals surface area contributed by atoms with Crippen molar-refractivity contribution in [3.63, 3.8) is 0 Å². The fourth-order valence-electron chi connectivity index (χ4n) is 2.88. The second-order valence-electron chi connectivity index (χ2n) is 4.87. The van der Waals surface area contributed by atoms with E-state index in [4.69, 9.17) is 10.5 Å². The van der Waals surface area contributed by atoms with E-state index >= 15 is 0 Å². The molecule has 0 saturated carbocycles. The molecule has 1 aliphatic heterocycles. The first-order valence-electron chi connectivity index (χ1n) is 6.89. The molecule has 19 heavy (non-hydrogen) atoms. The zero-order valence-electron chi connectivity index (χ0n) is 11.7. The van der Waals surface area contributed by atoms with Crippen molar-refractivity contribution in [2.45, 2.75) is 51.7 Å². The lowest BCUT2D eigenvalue weighted by Crippen LogP contribution is -2.41. The number of hydrogen-bond acceptors (Lipinski definition) is 3. The highest BCUT2D eigenvalue weighted by atomic mass is 79.9. The first-order chi connectivity index (χ1) is 9.11. The maximum atomic E-state index is 5.70. The van der Waals surface area contributed by atoms with Gasteiger partial charge >= 0.3 is 0 Å². The number of hydrogen-bond donors (Lipinski definition) is 1. The summed E-state index contributed by atoms with van der Waals surface area (Å²) in [4.78, 5) is 4.55. The lowest BCUT2D eigenvalue weighted by molar-refractivity contribution is 0.140. The van der Waals surface area contributed by atoms with E-state index in [1.54, 1.807) is 0 Å². The van der Waals surface area contributed by atoms with Crippen LogP contribution in [0.15, 0.2) is 27.7 Å². The van der Waals surface area contributed by atoms with Gasteiger partial charge < -0.3 is 10.5 Å². The van der Waals surface area contributed by atoms with Crippen LogP contribution < -0.4 is 5.73 Å². The smallest absolute Gasteiger partial charge is 0.282 e. The summed E-state index contributed by atoms with van der Waals surface area (Å²) in [6, 6.07) is 6.70. The Hall–Kier alpha value is -1.03. The summed E-state index contributed by atoms with van der Waals surface area (Å²) < 4.78 is 6.72. The van der Waals surface area contributed by atoms with Crippen molar-refractivity contribution in [1.82, 2.24) is 0 Å². The third kappa shape index (κ3) is 2.50. The molecule has 1 aromatic rings. The van der Waals surface area contributed by atoms with E-state index in [9.17, 15) is 0 Å². The summed E-state index contributed by atoms with van der Waals surface area (Å²) in [5.74, 6) is 0. The molecule has 1 aromatic carbocycles. The summed E-state index contributed by atoms with van der Waals surface area (Å²) in [7, 11) is 0. The molecule has 4 heteroatoms. The van der Waals surface area contributed by atoms with E-state index in [-0.39, 0.29) is 11.6 Å². The van der Waals surface area contributed by atoms with Gasteiger partial charge in [0.05, 0.1) is 0 Å². The first-order valence-corrected chi connectivity index (χ1v) is 7.68. The minimum atomic E-state index is -0.141. The topological polar surface area (TPSA) is 47.6 Å². The average molecular weight is 325 g/mol. The van der Waals surface area contributed by atoms with Gasteiger partial charge in [-0.3, -0.25) is 0 Å². The highest BCUT2D eigenvalue weighted by molar-refractivity contribution is 9.10. The molecule has 3 rings (SSSR count). The number of nitrogens with two attached hydrogens (primary N) is 1. The quantitative estimate of drug-likeness (QED) is 0.794. The highest BCUT2D eigenvalue weighted by Crippen LogP contribution is 2.40. The van der Waals surface area contributed by atoms with Crippen molar-refractivity contribution in [3.05, 3.63) is 33.8 Å². The van der Waals surface area contributed by atoms with Crippen molar-refractivity contribution >= 4 is 22.0 Å². The van der Waals surface area contributed by atoms with Gasteiger partial charge in [-0.15, -0.1) is 0 Å². The molecule has 0 aromatic heterocycles. The van der Waals surface area contributed by atoms with Crippen LogP contribution in [0, 0.1) is 0 Å². The molecule has 1 heterocycles. The lowest BCUT2D eigenvalue weighted by atomic mass is 9.76. The van der Waals surface area contributed by atoms with E-state index in [2.05, 4.69) is 46.0 Å². The third-order valence-corrected chi connectivity index (χ3v) is 4.65. The fraction of sp³-hybridized carbons (Fsp3) is 0.533. The van der Waals surface area contributed by atoms with Gasteiger partial charge in [0.25, 0.3) is 6.02 Å². The number of ether oxygens (including phenoxy) is 1. The van der Waals surface area contributed by atoms with Gasteiger partial charge in [0.15, 0.2) is 0 Å². The summed E-state index contributed by atoms with van der Waals surface area (Å²) in [6.45, 7) is 6.06. The molecule has 0 radical (unpaired) electrons. The molecular formula is C15H21BrN2O. The van der Waals surface area contributed by atoms with Crippen LogP contribution in [0.25, 0.3) is 0 Å². The van der Waals surface area contributed by atoms with Gasteiger partial charge in [-0.05, 0) is 37.0 Å². The SMILES string of the molecule is CC.CC1OC(N)=NC12CCc1c(Br)cccc1C2. The number of amidine groups is 1. The minimum Gasteiger partial charge on any atom is -0.460 e. The molecule has 3 nitrogen and oxygen atoms in total. The average Bonchev–Trinajstić information content (AvgIpc) is 2.66. The molecule has 2 aliphatic rings. The van der Waals surface area contributed by atoms with Gasteiger partial charge in [-0.2, -0.15) is 0 Å². The number of aliphatic imine (C=N–C) groups is 1. The third-order valence-electron chi connectivity index (χ3n) is 3.91. The Morgan fingerprint density at radius 1 is 1.42 bits per heavy atom. The number of nitrogens with zero attached hydrogens (tertiary/aromatic N) is 1. The van der Waals surface area contributed by atoms with Gasteiger partial charge in [-0.25, -0.2) is 4.99 Å². The monoisotopic (exact) mass is 324 g/mol. The Kier molecular flexibility index (Phi) is 4.19. The predicted octanol–water partition coefficient (Wildman–Crippen LogP) is 3.44. The molecule has 2 N–H and O–H groups in total. The van der Waals surface area contributed by atoms with Crippen molar-refractivity contribution in [2.75, 3.05) is 0 Å². The standard InChI is InChI=1S/C13H15BrN2O.C2H6/c1-8-13(16-12(15)17-8)6-5-10-9(7-13)3-2-4-11(10)14;1-2/h2-4,8H,5-7H2,1H3,(H2,15,16);1-2H3. The van der Waals surface area contributed by atoms with E-state index in [1.807, 2.05) is 13.8 Å². The summed E-state index contributed by atoms with van der Waals surface area (Å²) >= 11 is 3.61. The van der Waals surface area contributed by atoms with Crippen LogP contribution >= 0.6 is 15.9 Å². The van der Waals surface area contributed by atoms with Gasteiger partial charge in [0.1, 0.15) is 11.6 Å². The van der Waals surface area contributed by atoms with E-state index in [1.165, 1.54) is 15.6 Å². The molecular weight excluding hydrogens is 304 g/mol. The molecule has 0 fully saturated rings. The molecule has 0 saturated heterocycles. The zero-order chi connectivity index (χ0) is 14.0. The van der Waals surface area contributed by atoms with Crippen LogP contribution in [0.2, 0.25) is 0 Å². The molecule has 0 bridgehead atoms. The van der Waals surface area contributed by atoms with Crippen LogP contribution in [0.1, 0.15) is 38.3 Å². The number of rotatable bonds is 0. The van der Waals surface area contributed by atoms with Crippen LogP contribution in [-0.2, 0) is 17.6 Å². The Labute approximate surface area is 123 Å². The summed E-state index contributed by atoms with van der Waals surface area (Å²) in [5.41, 5.74) is 8.33. The van der Waals surface area contributed by atoms with E-state index in [0.29, 0.717) is 6.02 Å². The molecule has 2 unspecified atom stereocenters. The Morgan fingerprint density at radius 2 is 2.16 bits per heavy atom. The minimum absolute atomic E-state index is 0.0784. The normalized spacial score (nSPS) is 28.0. The Bertz CT molecular complexity index is 501. The van der Waals surface area contributed by atoms with Crippen molar-refractivity contribution < 1.29 is 4.74 Å². The van der Waals surface area contributed by atoms with Crippen molar-refractivity contribution in [3.8, 4) is 0 Å². The van der Waals surface area contributed by atoms with Gasteiger partial charge in [-0.1, -0.05) is 41.9 Å². The highest BCUT2D eigenvalue weighted by Gasteiger charge is 2.45. The largest absolute Gasteiger partial charge is 0.460 e. The number of fused-ring (bicyclic) bond motifs is 1. The molecule has 1 spiro atoms. The van der Waals surface area contributed by atoms with Crippen LogP contribution in [0.3, 0.4) is 0 Å². The summed E-state index contributed by atoms with van der Waals surface area (Å²) in [5, 5.41) is 0. The predicted molar refractivity (Wildman–Crippen MR) is 82.4 cm³/mol. The molecule has 2 atom stereocenters. The maximum absolute atomic E-state index is 5.70. The van der Waals surface area contributed by atoms with Gasteiger partial charge in [0, 0.05) is 10.9 Å². The number of benzene rings is 1. The first kappa shape index (κ1) is 14.4. The van der Waals surface area contributed by atoms with E-state index in [0.717, 1.165) is 19.3 Å². The molecule has 0 amide bonds. The Balaban J connectivity index is 0.000000637. The zero-order valence-corrected chi connectivity index (χ0v) is 13.3. The van der Waals surface area contributed by atoms with Crippen LogP contribution in [-0.4, -0.2) is 17.7 Å². The molecule has 104 valence electrons. The van der Waals surface area contributed by atoms with Crippen LogP contribution in [0.5, 0.6) is 0 Å². The second kappa shape index (κ2) is 5.53. The van der Waals surface area contributed by atoms with E-state index < -0.39 is 0 Å². The second-order valence-corrected chi connectivity index (χ2v) is 5.72. The van der Waals surface area contributed by atoms with Gasteiger partial charge in [0.2, 0.25) is 0 Å². The molecule has 1 aliphatic carbocycles. The van der Waals surface area contributed by atoms with Crippen molar-refractivity contribution in [1.29, 1.82) is 0 Å². The maximum Gasteiger partial charge on any atom is 0.282 e.